The summed E-state index contributed by atoms with van der Waals surface area (Å²) in [5.41, 5.74) is 2.24. The van der Waals surface area contributed by atoms with Crippen LogP contribution < -0.4 is 16.4 Å². The van der Waals surface area contributed by atoms with Gasteiger partial charge < -0.3 is 14.5 Å². The van der Waals surface area contributed by atoms with E-state index < -0.39 is 11.1 Å². The van der Waals surface area contributed by atoms with Crippen LogP contribution in [0.2, 0.25) is 0 Å². The van der Waals surface area contributed by atoms with E-state index in [1.165, 1.54) is 9.13 Å². The number of carbonyl (C=O) groups is 1. The van der Waals surface area contributed by atoms with Crippen molar-refractivity contribution >= 4 is 22.6 Å². The summed E-state index contributed by atoms with van der Waals surface area (Å²) in [7, 11) is 0. The number of hydrogen-bond donors (Lipinski definition) is 1. The van der Waals surface area contributed by atoms with E-state index in [4.69, 9.17) is 0 Å². The van der Waals surface area contributed by atoms with Crippen molar-refractivity contribution in [2.75, 3.05) is 5.32 Å². The molecule has 0 fully saturated rings. The number of aromatic nitrogens is 2. The molecule has 6 heteroatoms. The Balaban J connectivity index is 2.18. The highest BCUT2D eigenvalue weighted by molar-refractivity contribution is 6.05. The first kappa shape index (κ1) is 17.7. The number of hydrogen-bond acceptors (Lipinski definition) is 3. The highest BCUT2D eigenvalue weighted by Gasteiger charge is 2.15. The van der Waals surface area contributed by atoms with Crippen LogP contribution in [0.3, 0.4) is 0 Å². The first-order valence-corrected chi connectivity index (χ1v) is 8.62. The van der Waals surface area contributed by atoms with Crippen LogP contribution in [0.25, 0.3) is 11.0 Å². The minimum atomic E-state index is -0.550. The topological polar surface area (TPSA) is 73.1 Å². The standard InChI is InChI=1S/C20H21N3O3/c1-4-22-16-11-13(3)15(21-18(24)14-9-7-6-8-10-14)12-17(16)23(5-2)20(26)19(22)25/h6-12H,4-5H2,1-3H3,(H,21,24). The lowest BCUT2D eigenvalue weighted by Gasteiger charge is -2.16. The first-order valence-electron chi connectivity index (χ1n) is 8.62. The average molecular weight is 351 g/mol. The molecule has 0 aliphatic carbocycles. The fourth-order valence-electron chi connectivity index (χ4n) is 3.11. The van der Waals surface area contributed by atoms with E-state index in [1.807, 2.05) is 32.9 Å². The van der Waals surface area contributed by atoms with Crippen LogP contribution in [0.1, 0.15) is 29.8 Å². The molecule has 6 nitrogen and oxygen atoms in total. The van der Waals surface area contributed by atoms with Gasteiger partial charge in [0, 0.05) is 24.3 Å². The van der Waals surface area contributed by atoms with E-state index in [9.17, 15) is 14.4 Å². The number of fused-ring (bicyclic) bond motifs is 1. The van der Waals surface area contributed by atoms with Crippen molar-refractivity contribution in [2.45, 2.75) is 33.9 Å². The van der Waals surface area contributed by atoms with Gasteiger partial charge in [0.1, 0.15) is 0 Å². The van der Waals surface area contributed by atoms with Gasteiger partial charge in [0.25, 0.3) is 5.91 Å². The number of nitrogens with zero attached hydrogens (tertiary/aromatic N) is 2. The second-order valence-corrected chi connectivity index (χ2v) is 6.07. The van der Waals surface area contributed by atoms with Gasteiger partial charge in [-0.3, -0.25) is 14.4 Å². The summed E-state index contributed by atoms with van der Waals surface area (Å²) in [4.78, 5) is 37.2. The molecular weight excluding hydrogens is 330 g/mol. The Morgan fingerprint density at radius 2 is 1.46 bits per heavy atom. The molecule has 3 rings (SSSR count). The van der Waals surface area contributed by atoms with Crippen LogP contribution in [-0.2, 0) is 13.1 Å². The van der Waals surface area contributed by atoms with Crippen LogP contribution in [0.15, 0.2) is 52.1 Å². The van der Waals surface area contributed by atoms with Gasteiger partial charge >= 0.3 is 11.1 Å². The highest BCUT2D eigenvalue weighted by Crippen LogP contribution is 2.23. The maximum Gasteiger partial charge on any atom is 0.316 e. The summed E-state index contributed by atoms with van der Waals surface area (Å²) in [6.45, 7) is 6.30. The molecule has 1 aromatic heterocycles. The normalized spacial score (nSPS) is 10.9. The Morgan fingerprint density at radius 3 is 2.00 bits per heavy atom. The predicted octanol–water partition coefficient (Wildman–Crippen LogP) is 2.76. The fraction of sp³-hybridized carbons (Fsp3) is 0.250. The van der Waals surface area contributed by atoms with Crippen LogP contribution in [-0.4, -0.2) is 15.0 Å². The zero-order valence-electron chi connectivity index (χ0n) is 15.1. The number of benzene rings is 2. The molecule has 134 valence electrons. The Kier molecular flexibility index (Phi) is 4.75. The number of anilines is 1. The Hall–Kier alpha value is -3.15. The van der Waals surface area contributed by atoms with Gasteiger partial charge in [0.15, 0.2) is 0 Å². The lowest BCUT2D eigenvalue weighted by Crippen LogP contribution is -2.41. The summed E-state index contributed by atoms with van der Waals surface area (Å²) >= 11 is 0. The van der Waals surface area contributed by atoms with E-state index in [1.54, 1.807) is 30.3 Å². The van der Waals surface area contributed by atoms with Crippen molar-refractivity contribution in [2.24, 2.45) is 0 Å². The highest BCUT2D eigenvalue weighted by atomic mass is 16.2. The van der Waals surface area contributed by atoms with Gasteiger partial charge in [-0.25, -0.2) is 0 Å². The number of amides is 1. The largest absolute Gasteiger partial charge is 0.322 e. The quantitative estimate of drug-likeness (QED) is 0.735. The zero-order valence-corrected chi connectivity index (χ0v) is 15.1. The number of aryl methyl sites for hydroxylation is 3. The number of rotatable bonds is 4. The molecule has 0 aliphatic rings. The van der Waals surface area contributed by atoms with Gasteiger partial charge in [-0.1, -0.05) is 18.2 Å². The second kappa shape index (κ2) is 7.00. The molecule has 26 heavy (non-hydrogen) atoms. The van der Waals surface area contributed by atoms with Gasteiger partial charge in [0.05, 0.1) is 11.0 Å². The van der Waals surface area contributed by atoms with E-state index in [-0.39, 0.29) is 5.91 Å². The molecule has 2 aromatic carbocycles. The van der Waals surface area contributed by atoms with Crippen molar-refractivity contribution in [3.8, 4) is 0 Å². The molecule has 0 unspecified atom stereocenters. The Bertz CT molecular complexity index is 1100. The van der Waals surface area contributed by atoms with Crippen molar-refractivity contribution in [3.63, 3.8) is 0 Å². The third kappa shape index (κ3) is 2.94. The molecule has 3 aromatic rings. The van der Waals surface area contributed by atoms with E-state index in [0.717, 1.165) is 5.56 Å². The smallest absolute Gasteiger partial charge is 0.316 e. The number of carbonyl (C=O) groups excluding carboxylic acids is 1. The van der Waals surface area contributed by atoms with Gasteiger partial charge in [-0.05, 0) is 50.6 Å². The van der Waals surface area contributed by atoms with Gasteiger partial charge in [0.2, 0.25) is 0 Å². The van der Waals surface area contributed by atoms with Crippen molar-refractivity contribution in [1.29, 1.82) is 0 Å². The summed E-state index contributed by atoms with van der Waals surface area (Å²) in [5.74, 6) is -0.220. The Labute approximate surface area is 150 Å². The predicted molar refractivity (Wildman–Crippen MR) is 103 cm³/mol. The van der Waals surface area contributed by atoms with E-state index >= 15 is 0 Å². The van der Waals surface area contributed by atoms with Crippen molar-refractivity contribution in [1.82, 2.24) is 9.13 Å². The SMILES string of the molecule is CCn1c(=O)c(=O)n(CC)c2cc(NC(=O)c3ccccc3)c(C)cc21. The Morgan fingerprint density at radius 1 is 0.923 bits per heavy atom. The van der Waals surface area contributed by atoms with Crippen LogP contribution in [0, 0.1) is 6.92 Å². The van der Waals surface area contributed by atoms with Crippen LogP contribution in [0.5, 0.6) is 0 Å². The molecule has 1 N–H and O–H groups in total. The third-order valence-electron chi connectivity index (χ3n) is 4.49. The molecule has 0 atom stereocenters. The molecular formula is C20H21N3O3. The monoisotopic (exact) mass is 351 g/mol. The van der Waals surface area contributed by atoms with Gasteiger partial charge in [-0.15, -0.1) is 0 Å². The van der Waals surface area contributed by atoms with Gasteiger partial charge in [-0.2, -0.15) is 0 Å². The van der Waals surface area contributed by atoms with E-state index in [2.05, 4.69) is 5.32 Å². The zero-order chi connectivity index (χ0) is 18.8. The second-order valence-electron chi connectivity index (χ2n) is 6.07. The first-order chi connectivity index (χ1) is 12.5. The minimum absolute atomic E-state index is 0.220. The average Bonchev–Trinajstić information content (AvgIpc) is 2.65. The molecule has 0 radical (unpaired) electrons. The van der Waals surface area contributed by atoms with Crippen molar-refractivity contribution < 1.29 is 4.79 Å². The molecule has 1 amide bonds. The molecule has 0 saturated carbocycles. The molecule has 1 heterocycles. The third-order valence-corrected chi connectivity index (χ3v) is 4.49. The molecule has 0 spiro atoms. The fourth-order valence-corrected chi connectivity index (χ4v) is 3.11. The summed E-state index contributed by atoms with van der Waals surface area (Å²) in [5, 5.41) is 2.90. The van der Waals surface area contributed by atoms with Crippen LogP contribution in [0.4, 0.5) is 5.69 Å². The lowest BCUT2D eigenvalue weighted by molar-refractivity contribution is 0.102. The maximum absolute atomic E-state index is 12.5. The van der Waals surface area contributed by atoms with E-state index in [0.29, 0.717) is 35.4 Å². The molecule has 0 bridgehead atoms. The summed E-state index contributed by atoms with van der Waals surface area (Å²) in [6.07, 6.45) is 0. The van der Waals surface area contributed by atoms with Crippen LogP contribution >= 0.6 is 0 Å². The maximum atomic E-state index is 12.5. The minimum Gasteiger partial charge on any atom is -0.322 e. The molecule has 0 saturated heterocycles. The summed E-state index contributed by atoms with van der Waals surface area (Å²) in [6, 6.07) is 12.5. The number of nitrogens with one attached hydrogen (secondary N) is 1. The summed E-state index contributed by atoms with van der Waals surface area (Å²) < 4.78 is 2.92. The van der Waals surface area contributed by atoms with Crippen molar-refractivity contribution in [3.05, 3.63) is 74.3 Å². The molecule has 0 aliphatic heterocycles. The lowest BCUT2D eigenvalue weighted by atomic mass is 10.1.